The molecule has 4 heteroatoms. The Hall–Kier alpha value is -2.33. The van der Waals surface area contributed by atoms with Crippen LogP contribution in [-0.2, 0) is 19.3 Å². The molecule has 0 saturated heterocycles. The minimum Gasteiger partial charge on any atom is -0.393 e. The first kappa shape index (κ1) is 15.2. The van der Waals surface area contributed by atoms with Gasteiger partial charge in [0.2, 0.25) is 0 Å². The lowest BCUT2D eigenvalue weighted by Gasteiger charge is -2.24. The maximum atomic E-state index is 12.5. The van der Waals surface area contributed by atoms with Gasteiger partial charge in [-0.1, -0.05) is 36.4 Å². The number of benzene rings is 2. The van der Waals surface area contributed by atoms with E-state index in [9.17, 15) is 9.90 Å². The van der Waals surface area contributed by atoms with Gasteiger partial charge < -0.3 is 15.7 Å². The van der Waals surface area contributed by atoms with E-state index in [2.05, 4.69) is 28.8 Å². The second kappa shape index (κ2) is 6.29. The molecule has 2 unspecified atom stereocenters. The highest BCUT2D eigenvalue weighted by atomic mass is 16.3. The molecule has 4 nitrogen and oxygen atoms in total. The minimum atomic E-state index is -0.315. The Balaban J connectivity index is 1.48. The number of aryl methyl sites for hydroxylation is 2. The number of amides is 2. The van der Waals surface area contributed by atoms with Crippen LogP contribution in [0.15, 0.2) is 42.5 Å². The number of carbonyl (C=O) groups is 1. The maximum absolute atomic E-state index is 12.5. The van der Waals surface area contributed by atoms with Crippen molar-refractivity contribution in [1.82, 2.24) is 5.32 Å². The standard InChI is InChI=1S/C20H22N2O2/c23-15-10-8-14-5-3-7-18(17(14)12-15)21-20(24)22-19-11-9-13-4-1-2-6-16(13)19/h1-7,15,19,23H,8-12H2,(H2,21,22,24). The highest BCUT2D eigenvalue weighted by molar-refractivity contribution is 5.90. The van der Waals surface area contributed by atoms with Gasteiger partial charge in [0, 0.05) is 12.1 Å². The molecule has 2 atom stereocenters. The summed E-state index contributed by atoms with van der Waals surface area (Å²) in [4.78, 5) is 12.5. The highest BCUT2D eigenvalue weighted by Crippen LogP contribution is 2.31. The van der Waals surface area contributed by atoms with E-state index in [1.807, 2.05) is 24.3 Å². The normalized spacial score (nSPS) is 21.7. The van der Waals surface area contributed by atoms with Crippen molar-refractivity contribution in [2.24, 2.45) is 0 Å². The van der Waals surface area contributed by atoms with E-state index >= 15 is 0 Å². The molecule has 0 heterocycles. The van der Waals surface area contributed by atoms with Gasteiger partial charge >= 0.3 is 6.03 Å². The topological polar surface area (TPSA) is 61.4 Å². The molecule has 0 radical (unpaired) electrons. The number of fused-ring (bicyclic) bond motifs is 2. The SMILES string of the molecule is O=C(Nc1cccc2c1CC(O)CC2)NC1CCc2ccccc21. The molecule has 2 aliphatic carbocycles. The van der Waals surface area contributed by atoms with Gasteiger partial charge in [0.05, 0.1) is 12.1 Å². The number of rotatable bonds is 2. The average Bonchev–Trinajstić information content (AvgIpc) is 2.98. The van der Waals surface area contributed by atoms with Gasteiger partial charge in [-0.2, -0.15) is 0 Å². The van der Waals surface area contributed by atoms with Crippen molar-refractivity contribution in [1.29, 1.82) is 0 Å². The van der Waals surface area contributed by atoms with Gasteiger partial charge in [-0.05, 0) is 54.0 Å². The third-order valence-corrected chi connectivity index (χ3v) is 5.15. The monoisotopic (exact) mass is 322 g/mol. The fraction of sp³-hybridized carbons (Fsp3) is 0.350. The molecule has 0 aromatic heterocycles. The molecule has 0 fully saturated rings. The van der Waals surface area contributed by atoms with Crippen molar-refractivity contribution in [3.8, 4) is 0 Å². The van der Waals surface area contributed by atoms with Crippen LogP contribution < -0.4 is 10.6 Å². The summed E-state index contributed by atoms with van der Waals surface area (Å²) in [6.07, 6.45) is 3.90. The van der Waals surface area contributed by atoms with Crippen molar-refractivity contribution in [2.45, 2.75) is 44.2 Å². The van der Waals surface area contributed by atoms with Crippen molar-refractivity contribution in [2.75, 3.05) is 5.32 Å². The summed E-state index contributed by atoms with van der Waals surface area (Å²) in [6.45, 7) is 0. The summed E-state index contributed by atoms with van der Waals surface area (Å²) in [5, 5.41) is 16.0. The fourth-order valence-corrected chi connectivity index (χ4v) is 3.91. The summed E-state index contributed by atoms with van der Waals surface area (Å²) in [5.41, 5.74) is 5.65. The van der Waals surface area contributed by atoms with Crippen molar-refractivity contribution in [3.05, 3.63) is 64.7 Å². The summed E-state index contributed by atoms with van der Waals surface area (Å²) in [7, 11) is 0. The predicted molar refractivity (Wildman–Crippen MR) is 94.1 cm³/mol. The minimum absolute atomic E-state index is 0.0753. The van der Waals surface area contributed by atoms with E-state index in [0.717, 1.165) is 36.9 Å². The van der Waals surface area contributed by atoms with Crippen LogP contribution in [0.25, 0.3) is 0 Å². The van der Waals surface area contributed by atoms with Crippen molar-refractivity contribution < 1.29 is 9.90 Å². The Morgan fingerprint density at radius 1 is 1.00 bits per heavy atom. The van der Waals surface area contributed by atoms with Gasteiger partial charge in [0.25, 0.3) is 0 Å². The van der Waals surface area contributed by atoms with Gasteiger partial charge in [0.15, 0.2) is 0 Å². The number of urea groups is 1. The number of nitrogens with one attached hydrogen (secondary N) is 2. The summed E-state index contributed by atoms with van der Waals surface area (Å²) in [5.74, 6) is 0. The van der Waals surface area contributed by atoms with E-state index < -0.39 is 0 Å². The Labute approximate surface area is 141 Å². The zero-order valence-corrected chi connectivity index (χ0v) is 13.6. The molecule has 3 N–H and O–H groups in total. The van der Waals surface area contributed by atoms with Crippen molar-refractivity contribution in [3.63, 3.8) is 0 Å². The largest absolute Gasteiger partial charge is 0.393 e. The number of hydrogen-bond donors (Lipinski definition) is 3. The summed E-state index contributed by atoms with van der Waals surface area (Å²) < 4.78 is 0. The van der Waals surface area contributed by atoms with Crippen LogP contribution in [0.5, 0.6) is 0 Å². The highest BCUT2D eigenvalue weighted by Gasteiger charge is 2.24. The molecule has 24 heavy (non-hydrogen) atoms. The number of anilines is 1. The van der Waals surface area contributed by atoms with Crippen LogP contribution in [0.4, 0.5) is 10.5 Å². The molecule has 0 saturated carbocycles. The molecule has 2 aliphatic rings. The first-order valence-corrected chi connectivity index (χ1v) is 8.65. The molecule has 0 spiro atoms. The van der Waals surface area contributed by atoms with Crippen LogP contribution in [-0.4, -0.2) is 17.2 Å². The Morgan fingerprint density at radius 3 is 2.71 bits per heavy atom. The molecule has 2 aromatic carbocycles. The number of aliphatic hydroxyl groups excluding tert-OH is 1. The van der Waals surface area contributed by atoms with E-state index in [0.29, 0.717) is 6.42 Å². The molecule has 2 aromatic rings. The second-order valence-corrected chi connectivity index (χ2v) is 6.73. The van der Waals surface area contributed by atoms with Crippen LogP contribution in [0.1, 0.15) is 41.1 Å². The first-order valence-electron chi connectivity index (χ1n) is 8.65. The quantitative estimate of drug-likeness (QED) is 0.794. The van der Waals surface area contributed by atoms with E-state index in [4.69, 9.17) is 0 Å². The number of hydrogen-bond acceptors (Lipinski definition) is 2. The van der Waals surface area contributed by atoms with Crippen LogP contribution in [0.2, 0.25) is 0 Å². The smallest absolute Gasteiger partial charge is 0.319 e. The van der Waals surface area contributed by atoms with Gasteiger partial charge in [-0.25, -0.2) is 4.79 Å². The Bertz CT molecular complexity index is 772. The molecule has 4 rings (SSSR count). The van der Waals surface area contributed by atoms with Crippen molar-refractivity contribution >= 4 is 11.7 Å². The van der Waals surface area contributed by atoms with Crippen LogP contribution in [0.3, 0.4) is 0 Å². The molecular formula is C20H22N2O2. The summed E-state index contributed by atoms with van der Waals surface area (Å²) in [6, 6.07) is 14.1. The Kier molecular flexibility index (Phi) is 3.98. The second-order valence-electron chi connectivity index (χ2n) is 6.73. The molecular weight excluding hydrogens is 300 g/mol. The van der Waals surface area contributed by atoms with Crippen LogP contribution in [0, 0.1) is 0 Å². The lowest BCUT2D eigenvalue weighted by molar-refractivity contribution is 0.159. The number of aliphatic hydroxyl groups is 1. The van der Waals surface area contributed by atoms with Gasteiger partial charge in [-0.3, -0.25) is 0 Å². The first-order chi connectivity index (χ1) is 11.7. The average molecular weight is 322 g/mol. The lowest BCUT2D eigenvalue weighted by Crippen LogP contribution is -2.32. The molecule has 0 aliphatic heterocycles. The van der Waals surface area contributed by atoms with Crippen LogP contribution >= 0.6 is 0 Å². The molecule has 124 valence electrons. The zero-order chi connectivity index (χ0) is 16.5. The molecule has 2 amide bonds. The van der Waals surface area contributed by atoms with Gasteiger partial charge in [-0.15, -0.1) is 0 Å². The van der Waals surface area contributed by atoms with E-state index in [1.54, 1.807) is 0 Å². The van der Waals surface area contributed by atoms with Gasteiger partial charge in [0.1, 0.15) is 0 Å². The lowest BCUT2D eigenvalue weighted by atomic mass is 9.88. The predicted octanol–water partition coefficient (Wildman–Crippen LogP) is 3.35. The maximum Gasteiger partial charge on any atom is 0.319 e. The molecule has 0 bridgehead atoms. The van der Waals surface area contributed by atoms with E-state index in [-0.39, 0.29) is 18.2 Å². The van der Waals surface area contributed by atoms with E-state index in [1.165, 1.54) is 16.7 Å². The summed E-state index contributed by atoms with van der Waals surface area (Å²) >= 11 is 0. The number of carbonyl (C=O) groups excluding carboxylic acids is 1. The Morgan fingerprint density at radius 2 is 1.79 bits per heavy atom. The third kappa shape index (κ3) is 2.89. The third-order valence-electron chi connectivity index (χ3n) is 5.15. The zero-order valence-electron chi connectivity index (χ0n) is 13.6. The fourth-order valence-electron chi connectivity index (χ4n) is 3.91.